The summed E-state index contributed by atoms with van der Waals surface area (Å²) in [6, 6.07) is 2.03. The van der Waals surface area contributed by atoms with Gasteiger partial charge in [0.05, 0.1) is 6.54 Å². The van der Waals surface area contributed by atoms with Crippen molar-refractivity contribution < 1.29 is 4.79 Å². The molecule has 0 unspecified atom stereocenters. The molecule has 0 aromatic carbocycles. The number of rotatable bonds is 4. The Balaban J connectivity index is 2.09. The van der Waals surface area contributed by atoms with Crippen LogP contribution in [-0.2, 0) is 6.54 Å². The molecule has 0 bridgehead atoms. The third-order valence-corrected chi connectivity index (χ3v) is 2.92. The van der Waals surface area contributed by atoms with Gasteiger partial charge in [-0.05, 0) is 35.8 Å². The molecule has 2 aromatic heterocycles. The van der Waals surface area contributed by atoms with Gasteiger partial charge in [0, 0.05) is 16.7 Å². The summed E-state index contributed by atoms with van der Waals surface area (Å²) >= 11 is 3.38. The summed E-state index contributed by atoms with van der Waals surface area (Å²) in [7, 11) is 0. The van der Waals surface area contributed by atoms with Gasteiger partial charge in [0.15, 0.2) is 0 Å². The second kappa shape index (κ2) is 5.34. The van der Waals surface area contributed by atoms with Gasteiger partial charge in [-0.2, -0.15) is 5.10 Å². The molecule has 0 aliphatic heterocycles. The van der Waals surface area contributed by atoms with E-state index in [0.29, 0.717) is 18.1 Å². The maximum Gasteiger partial charge on any atom is 0.268 e. The molecule has 2 rings (SSSR count). The van der Waals surface area contributed by atoms with Crippen molar-refractivity contribution in [1.29, 1.82) is 0 Å². The fourth-order valence-electron chi connectivity index (χ4n) is 1.63. The van der Waals surface area contributed by atoms with Crippen molar-refractivity contribution >= 4 is 21.8 Å². The van der Waals surface area contributed by atoms with E-state index >= 15 is 0 Å². The van der Waals surface area contributed by atoms with E-state index in [0.717, 1.165) is 4.47 Å². The number of hydrogen-bond donors (Lipinski definition) is 2. The number of carbonyl (C=O) groups is 1. The topological polar surface area (TPSA) is 75.6 Å². The van der Waals surface area contributed by atoms with Crippen molar-refractivity contribution in [2.45, 2.75) is 26.4 Å². The SMILES string of the molecule is CC(C)n1cc(Br)cc1C(=O)NCc1ncn[nH]1. The quantitative estimate of drug-likeness (QED) is 0.905. The highest BCUT2D eigenvalue weighted by molar-refractivity contribution is 9.10. The molecule has 0 spiro atoms. The Bertz CT molecular complexity index is 532. The molecule has 0 fully saturated rings. The van der Waals surface area contributed by atoms with Crippen molar-refractivity contribution in [3.05, 3.63) is 34.6 Å². The molecule has 2 N–H and O–H groups in total. The van der Waals surface area contributed by atoms with Crippen LogP contribution < -0.4 is 5.32 Å². The lowest BCUT2D eigenvalue weighted by atomic mass is 10.3. The van der Waals surface area contributed by atoms with E-state index < -0.39 is 0 Å². The lowest BCUT2D eigenvalue weighted by molar-refractivity contribution is 0.0939. The van der Waals surface area contributed by atoms with Crippen LogP contribution in [-0.4, -0.2) is 25.7 Å². The number of nitrogens with one attached hydrogen (secondary N) is 2. The lowest BCUT2D eigenvalue weighted by Crippen LogP contribution is -2.26. The zero-order chi connectivity index (χ0) is 13.1. The molecule has 6 nitrogen and oxygen atoms in total. The second-order valence-electron chi connectivity index (χ2n) is 4.16. The molecule has 96 valence electrons. The average Bonchev–Trinajstić information content (AvgIpc) is 2.94. The monoisotopic (exact) mass is 311 g/mol. The predicted molar refractivity (Wildman–Crippen MR) is 70.1 cm³/mol. The Labute approximate surface area is 113 Å². The number of carbonyl (C=O) groups excluding carboxylic acids is 1. The smallest absolute Gasteiger partial charge is 0.268 e. The molecular formula is C11H14BrN5O. The average molecular weight is 312 g/mol. The van der Waals surface area contributed by atoms with Crippen LogP contribution in [0.25, 0.3) is 0 Å². The molecule has 0 atom stereocenters. The van der Waals surface area contributed by atoms with Crippen molar-refractivity contribution in [2.75, 3.05) is 0 Å². The van der Waals surface area contributed by atoms with Crippen LogP contribution in [0.1, 0.15) is 36.2 Å². The van der Waals surface area contributed by atoms with Crippen LogP contribution in [0.3, 0.4) is 0 Å². The molecule has 0 saturated heterocycles. The Kier molecular flexibility index (Phi) is 3.81. The molecule has 0 saturated carbocycles. The van der Waals surface area contributed by atoms with Crippen LogP contribution in [0.5, 0.6) is 0 Å². The number of nitrogens with zero attached hydrogens (tertiary/aromatic N) is 3. The number of amides is 1. The molecule has 0 radical (unpaired) electrons. The molecule has 0 aliphatic carbocycles. The van der Waals surface area contributed by atoms with Gasteiger partial charge in [0.2, 0.25) is 0 Å². The minimum absolute atomic E-state index is 0.134. The first-order valence-corrected chi connectivity index (χ1v) is 6.37. The number of halogens is 1. The highest BCUT2D eigenvalue weighted by atomic mass is 79.9. The molecule has 2 heterocycles. The Hall–Kier alpha value is -1.63. The summed E-state index contributed by atoms with van der Waals surface area (Å²) in [5.74, 6) is 0.496. The highest BCUT2D eigenvalue weighted by Crippen LogP contribution is 2.19. The summed E-state index contributed by atoms with van der Waals surface area (Å²) in [4.78, 5) is 16.0. The van der Waals surface area contributed by atoms with E-state index in [-0.39, 0.29) is 11.9 Å². The van der Waals surface area contributed by atoms with Crippen molar-refractivity contribution in [3.8, 4) is 0 Å². The third-order valence-electron chi connectivity index (χ3n) is 2.49. The van der Waals surface area contributed by atoms with Crippen LogP contribution in [0, 0.1) is 0 Å². The Morgan fingerprint density at radius 3 is 3.00 bits per heavy atom. The van der Waals surface area contributed by atoms with E-state index in [2.05, 4.69) is 36.4 Å². The fourth-order valence-corrected chi connectivity index (χ4v) is 2.06. The number of H-pyrrole nitrogens is 1. The van der Waals surface area contributed by atoms with Gasteiger partial charge in [-0.1, -0.05) is 0 Å². The van der Waals surface area contributed by atoms with Gasteiger partial charge in [-0.25, -0.2) is 4.98 Å². The van der Waals surface area contributed by atoms with Crippen LogP contribution >= 0.6 is 15.9 Å². The largest absolute Gasteiger partial charge is 0.343 e. The van der Waals surface area contributed by atoms with E-state index in [1.807, 2.05) is 24.6 Å². The molecule has 7 heteroatoms. The first-order chi connectivity index (χ1) is 8.58. The van der Waals surface area contributed by atoms with E-state index in [9.17, 15) is 4.79 Å². The first kappa shape index (κ1) is 12.8. The second-order valence-corrected chi connectivity index (χ2v) is 5.08. The third kappa shape index (κ3) is 2.79. The zero-order valence-corrected chi connectivity index (χ0v) is 11.7. The van der Waals surface area contributed by atoms with Crippen molar-refractivity contribution in [2.24, 2.45) is 0 Å². The van der Waals surface area contributed by atoms with Crippen molar-refractivity contribution in [3.63, 3.8) is 0 Å². The lowest BCUT2D eigenvalue weighted by Gasteiger charge is -2.12. The Morgan fingerprint density at radius 1 is 1.61 bits per heavy atom. The van der Waals surface area contributed by atoms with Gasteiger partial charge in [-0.3, -0.25) is 9.89 Å². The van der Waals surface area contributed by atoms with E-state index in [1.54, 1.807) is 6.07 Å². The maximum atomic E-state index is 12.1. The summed E-state index contributed by atoms with van der Waals surface area (Å²) in [6.45, 7) is 4.39. The minimum Gasteiger partial charge on any atom is -0.343 e. The number of aromatic nitrogens is 4. The zero-order valence-electron chi connectivity index (χ0n) is 10.1. The molecule has 18 heavy (non-hydrogen) atoms. The van der Waals surface area contributed by atoms with Gasteiger partial charge < -0.3 is 9.88 Å². The van der Waals surface area contributed by atoms with E-state index in [1.165, 1.54) is 6.33 Å². The van der Waals surface area contributed by atoms with Crippen LogP contribution in [0.15, 0.2) is 23.1 Å². The number of hydrogen-bond acceptors (Lipinski definition) is 3. The summed E-state index contributed by atoms with van der Waals surface area (Å²) in [5, 5.41) is 9.21. The van der Waals surface area contributed by atoms with E-state index in [4.69, 9.17) is 0 Å². The van der Waals surface area contributed by atoms with Gasteiger partial charge in [-0.15, -0.1) is 0 Å². The Morgan fingerprint density at radius 2 is 2.39 bits per heavy atom. The molecular weight excluding hydrogens is 298 g/mol. The van der Waals surface area contributed by atoms with Gasteiger partial charge in [0.25, 0.3) is 5.91 Å². The molecule has 2 aromatic rings. The predicted octanol–water partition coefficient (Wildman–Crippen LogP) is 1.88. The van der Waals surface area contributed by atoms with Crippen LogP contribution in [0.4, 0.5) is 0 Å². The van der Waals surface area contributed by atoms with Crippen LogP contribution in [0.2, 0.25) is 0 Å². The molecule has 0 aliphatic rings. The van der Waals surface area contributed by atoms with Gasteiger partial charge >= 0.3 is 0 Å². The fraction of sp³-hybridized carbons (Fsp3) is 0.364. The maximum absolute atomic E-state index is 12.1. The normalized spacial score (nSPS) is 10.9. The van der Waals surface area contributed by atoms with Gasteiger partial charge in [0.1, 0.15) is 17.8 Å². The molecule has 1 amide bonds. The highest BCUT2D eigenvalue weighted by Gasteiger charge is 2.14. The first-order valence-electron chi connectivity index (χ1n) is 5.57. The summed E-state index contributed by atoms with van der Waals surface area (Å²) in [6.07, 6.45) is 3.31. The summed E-state index contributed by atoms with van der Waals surface area (Å²) < 4.78 is 2.81. The summed E-state index contributed by atoms with van der Waals surface area (Å²) in [5.41, 5.74) is 0.622. The number of aromatic amines is 1. The van der Waals surface area contributed by atoms with Crippen molar-refractivity contribution in [1.82, 2.24) is 25.1 Å². The standard InChI is InChI=1S/C11H14BrN5O/c1-7(2)17-5-8(12)3-9(17)11(18)13-4-10-14-6-15-16-10/h3,5-7H,4H2,1-2H3,(H,13,18)(H,14,15,16). The minimum atomic E-state index is -0.134.